The summed E-state index contributed by atoms with van der Waals surface area (Å²) in [5, 5.41) is 0. The smallest absolute Gasteiger partial charge is 0.224 e. The van der Waals surface area contributed by atoms with Crippen LogP contribution in [0.5, 0.6) is 5.75 Å². The van der Waals surface area contributed by atoms with Gasteiger partial charge in [0.25, 0.3) is 0 Å². The van der Waals surface area contributed by atoms with Crippen molar-refractivity contribution in [3.05, 3.63) is 23.8 Å². The van der Waals surface area contributed by atoms with Crippen LogP contribution in [0.25, 0.3) is 0 Å². The third-order valence-corrected chi connectivity index (χ3v) is 2.50. The number of carbonyl (C=O) groups excluding carboxylic acids is 1. The lowest BCUT2D eigenvalue weighted by atomic mass is 10.1. The minimum absolute atomic E-state index is 0.0417. The maximum atomic E-state index is 11.4. The van der Waals surface area contributed by atoms with Gasteiger partial charge in [0.2, 0.25) is 5.91 Å². The number of nitrogens with two attached hydrogens (primary N) is 1. The molecule has 0 radical (unpaired) electrons. The molecule has 0 spiro atoms. The van der Waals surface area contributed by atoms with Crippen LogP contribution in [-0.4, -0.2) is 19.1 Å². The van der Waals surface area contributed by atoms with Crippen molar-refractivity contribution in [2.45, 2.75) is 13.5 Å². The molecule has 0 bridgehead atoms. The van der Waals surface area contributed by atoms with E-state index in [1.54, 1.807) is 11.8 Å². The number of carbonyl (C=O) groups is 1. The molecule has 80 valence electrons. The number of amides is 1. The maximum Gasteiger partial charge on any atom is 0.224 e. The Hall–Kier alpha value is -1.55. The summed E-state index contributed by atoms with van der Waals surface area (Å²) in [6, 6.07) is 5.70. The number of hydrogen-bond acceptors (Lipinski definition) is 3. The SMILES string of the molecule is CC(=O)N1CCOc2cc(CN)ccc21. The molecule has 1 heterocycles. The Labute approximate surface area is 88.6 Å². The van der Waals surface area contributed by atoms with Gasteiger partial charge in [0.15, 0.2) is 0 Å². The normalized spacial score (nSPS) is 14.4. The minimum Gasteiger partial charge on any atom is -0.490 e. The van der Waals surface area contributed by atoms with Crippen LogP contribution >= 0.6 is 0 Å². The van der Waals surface area contributed by atoms with Gasteiger partial charge in [-0.15, -0.1) is 0 Å². The molecule has 0 saturated heterocycles. The molecule has 1 aromatic carbocycles. The van der Waals surface area contributed by atoms with Gasteiger partial charge >= 0.3 is 0 Å². The van der Waals surface area contributed by atoms with Gasteiger partial charge in [-0.3, -0.25) is 4.79 Å². The predicted molar refractivity (Wildman–Crippen MR) is 57.9 cm³/mol. The van der Waals surface area contributed by atoms with E-state index in [1.165, 1.54) is 0 Å². The highest BCUT2D eigenvalue weighted by Gasteiger charge is 2.20. The Balaban J connectivity index is 2.40. The first-order chi connectivity index (χ1) is 7.22. The fourth-order valence-corrected chi connectivity index (χ4v) is 1.72. The van der Waals surface area contributed by atoms with Crippen LogP contribution in [0.3, 0.4) is 0 Å². The fraction of sp³-hybridized carbons (Fsp3) is 0.364. The Morgan fingerprint density at radius 3 is 3.07 bits per heavy atom. The van der Waals surface area contributed by atoms with Gasteiger partial charge in [0.05, 0.1) is 12.2 Å². The molecule has 15 heavy (non-hydrogen) atoms. The van der Waals surface area contributed by atoms with E-state index in [4.69, 9.17) is 10.5 Å². The van der Waals surface area contributed by atoms with Crippen molar-refractivity contribution in [2.24, 2.45) is 5.73 Å². The maximum absolute atomic E-state index is 11.4. The molecule has 0 aliphatic carbocycles. The average molecular weight is 206 g/mol. The molecule has 4 nitrogen and oxygen atoms in total. The topological polar surface area (TPSA) is 55.6 Å². The zero-order valence-corrected chi connectivity index (χ0v) is 8.69. The molecule has 1 amide bonds. The average Bonchev–Trinajstić information content (AvgIpc) is 2.27. The van der Waals surface area contributed by atoms with E-state index in [9.17, 15) is 4.79 Å². The Bertz CT molecular complexity index is 390. The van der Waals surface area contributed by atoms with Gasteiger partial charge in [0.1, 0.15) is 12.4 Å². The standard InChI is InChI=1S/C11H14N2O2/c1-8(14)13-4-5-15-11-6-9(7-12)2-3-10(11)13/h2-3,6H,4-5,7,12H2,1H3. The van der Waals surface area contributed by atoms with Crippen LogP contribution < -0.4 is 15.4 Å². The van der Waals surface area contributed by atoms with E-state index < -0.39 is 0 Å². The first kappa shape index (κ1) is 9.98. The zero-order valence-electron chi connectivity index (χ0n) is 8.69. The summed E-state index contributed by atoms with van der Waals surface area (Å²) in [6.45, 7) is 3.20. The molecular weight excluding hydrogens is 192 g/mol. The second kappa shape index (κ2) is 3.90. The van der Waals surface area contributed by atoms with E-state index in [-0.39, 0.29) is 5.91 Å². The monoisotopic (exact) mass is 206 g/mol. The number of ether oxygens (including phenoxy) is 1. The lowest BCUT2D eigenvalue weighted by Crippen LogP contribution is -2.36. The van der Waals surface area contributed by atoms with Crippen molar-refractivity contribution in [3.8, 4) is 5.75 Å². The van der Waals surface area contributed by atoms with Crippen LogP contribution in [0.1, 0.15) is 12.5 Å². The number of anilines is 1. The van der Waals surface area contributed by atoms with Crippen molar-refractivity contribution >= 4 is 11.6 Å². The molecule has 1 aromatic rings. The van der Waals surface area contributed by atoms with Gasteiger partial charge in [-0.25, -0.2) is 0 Å². The van der Waals surface area contributed by atoms with Gasteiger partial charge in [-0.1, -0.05) is 6.07 Å². The van der Waals surface area contributed by atoms with Gasteiger partial charge in [-0.2, -0.15) is 0 Å². The minimum atomic E-state index is 0.0417. The van der Waals surface area contributed by atoms with Crippen molar-refractivity contribution in [2.75, 3.05) is 18.1 Å². The van der Waals surface area contributed by atoms with Crippen molar-refractivity contribution in [1.29, 1.82) is 0 Å². The lowest BCUT2D eigenvalue weighted by molar-refractivity contribution is -0.116. The van der Waals surface area contributed by atoms with Crippen LogP contribution in [0, 0.1) is 0 Å². The van der Waals surface area contributed by atoms with E-state index in [2.05, 4.69) is 0 Å². The summed E-state index contributed by atoms with van der Waals surface area (Å²) in [5.41, 5.74) is 7.39. The summed E-state index contributed by atoms with van der Waals surface area (Å²) < 4.78 is 5.50. The van der Waals surface area contributed by atoms with Crippen LogP contribution in [0.15, 0.2) is 18.2 Å². The Morgan fingerprint density at radius 1 is 1.60 bits per heavy atom. The second-order valence-electron chi connectivity index (χ2n) is 3.53. The highest BCUT2D eigenvalue weighted by Crippen LogP contribution is 2.32. The molecule has 2 N–H and O–H groups in total. The summed E-state index contributed by atoms with van der Waals surface area (Å²) in [6.07, 6.45) is 0. The first-order valence-corrected chi connectivity index (χ1v) is 4.96. The number of nitrogens with zero attached hydrogens (tertiary/aromatic N) is 1. The molecule has 0 aromatic heterocycles. The Kier molecular flexibility index (Phi) is 2.60. The Morgan fingerprint density at radius 2 is 2.40 bits per heavy atom. The molecule has 0 fully saturated rings. The largest absolute Gasteiger partial charge is 0.490 e. The van der Waals surface area contributed by atoms with Crippen LogP contribution in [0.2, 0.25) is 0 Å². The van der Waals surface area contributed by atoms with E-state index >= 15 is 0 Å². The molecule has 0 atom stereocenters. The molecule has 0 unspecified atom stereocenters. The second-order valence-corrected chi connectivity index (χ2v) is 3.53. The van der Waals surface area contributed by atoms with E-state index in [0.29, 0.717) is 19.7 Å². The molecular formula is C11H14N2O2. The quantitative estimate of drug-likeness (QED) is 0.742. The number of hydrogen-bond donors (Lipinski definition) is 1. The van der Waals surface area contributed by atoms with Gasteiger partial charge in [0, 0.05) is 13.5 Å². The predicted octanol–water partition coefficient (Wildman–Crippen LogP) is 0.891. The summed E-state index contributed by atoms with van der Waals surface area (Å²) in [4.78, 5) is 13.1. The van der Waals surface area contributed by atoms with Crippen molar-refractivity contribution < 1.29 is 9.53 Å². The van der Waals surface area contributed by atoms with E-state index in [0.717, 1.165) is 17.0 Å². The molecule has 2 rings (SSSR count). The fourth-order valence-electron chi connectivity index (χ4n) is 1.72. The van der Waals surface area contributed by atoms with Gasteiger partial charge < -0.3 is 15.4 Å². The molecule has 4 heteroatoms. The van der Waals surface area contributed by atoms with E-state index in [1.807, 2.05) is 18.2 Å². The summed E-state index contributed by atoms with van der Waals surface area (Å²) in [7, 11) is 0. The van der Waals surface area contributed by atoms with Gasteiger partial charge in [-0.05, 0) is 17.7 Å². The molecule has 1 aliphatic rings. The van der Waals surface area contributed by atoms with Crippen molar-refractivity contribution in [1.82, 2.24) is 0 Å². The van der Waals surface area contributed by atoms with Crippen LogP contribution in [-0.2, 0) is 11.3 Å². The first-order valence-electron chi connectivity index (χ1n) is 4.96. The lowest BCUT2D eigenvalue weighted by Gasteiger charge is -2.28. The number of benzene rings is 1. The third-order valence-electron chi connectivity index (χ3n) is 2.50. The highest BCUT2D eigenvalue weighted by molar-refractivity contribution is 5.93. The number of fused-ring (bicyclic) bond motifs is 1. The summed E-state index contributed by atoms with van der Waals surface area (Å²) in [5.74, 6) is 0.791. The highest BCUT2D eigenvalue weighted by atomic mass is 16.5. The van der Waals surface area contributed by atoms with Crippen LogP contribution in [0.4, 0.5) is 5.69 Å². The summed E-state index contributed by atoms with van der Waals surface area (Å²) >= 11 is 0. The van der Waals surface area contributed by atoms with Crippen molar-refractivity contribution in [3.63, 3.8) is 0 Å². The molecule has 0 saturated carbocycles. The third kappa shape index (κ3) is 1.80. The zero-order chi connectivity index (χ0) is 10.8. The molecule has 1 aliphatic heterocycles. The number of rotatable bonds is 1.